The number of rotatable bonds is 5. The average molecular weight is 305 g/mol. The molecule has 1 amide bonds. The Hall–Kier alpha value is -2.25. The summed E-state index contributed by atoms with van der Waals surface area (Å²) in [5, 5.41) is 4.90. The molecule has 0 fully saturated rings. The van der Waals surface area contributed by atoms with E-state index in [-0.39, 0.29) is 12.2 Å². The fourth-order valence-electron chi connectivity index (χ4n) is 1.76. The van der Waals surface area contributed by atoms with Crippen molar-refractivity contribution in [2.45, 2.75) is 12.6 Å². The maximum Gasteiger partial charge on any atom is 0.333 e. The van der Waals surface area contributed by atoms with E-state index in [9.17, 15) is 9.59 Å². The van der Waals surface area contributed by atoms with Gasteiger partial charge in [-0.15, -0.1) is 11.3 Å². The number of aromatic nitrogens is 1. The summed E-state index contributed by atoms with van der Waals surface area (Å²) in [6.07, 6.45) is 0. The number of methoxy groups -OCH3 is 1. The molecule has 0 aliphatic carbocycles. The third-order valence-corrected chi connectivity index (χ3v) is 3.68. The minimum atomic E-state index is -0.869. The van der Waals surface area contributed by atoms with Crippen LogP contribution >= 0.6 is 11.3 Å². The summed E-state index contributed by atoms with van der Waals surface area (Å²) in [5.41, 5.74) is 6.35. The van der Waals surface area contributed by atoms with Gasteiger partial charge in [0.25, 0.3) is 5.91 Å². The number of benzene rings is 1. The van der Waals surface area contributed by atoms with Gasteiger partial charge in [-0.1, -0.05) is 30.3 Å². The molecule has 2 aromatic rings. The molecule has 1 aromatic carbocycles. The smallest absolute Gasteiger partial charge is 0.333 e. The molecule has 3 N–H and O–H groups in total. The zero-order valence-corrected chi connectivity index (χ0v) is 12.2. The fourth-order valence-corrected chi connectivity index (χ4v) is 2.41. The molecule has 0 saturated carbocycles. The first-order chi connectivity index (χ1) is 10.2. The molecule has 0 radical (unpaired) electrons. The molecule has 110 valence electrons. The third kappa shape index (κ3) is 3.65. The van der Waals surface area contributed by atoms with E-state index in [1.807, 2.05) is 6.07 Å². The van der Waals surface area contributed by atoms with Crippen molar-refractivity contribution in [3.63, 3.8) is 0 Å². The van der Waals surface area contributed by atoms with E-state index in [0.717, 1.165) is 0 Å². The highest BCUT2D eigenvalue weighted by molar-refractivity contribution is 7.09. The van der Waals surface area contributed by atoms with Crippen LogP contribution in [0.1, 0.15) is 27.1 Å². The van der Waals surface area contributed by atoms with Crippen molar-refractivity contribution in [3.8, 4) is 0 Å². The fraction of sp³-hybridized carbons (Fsp3) is 0.214. The second-order valence-corrected chi connectivity index (χ2v) is 5.11. The number of ether oxygens (including phenoxy) is 1. The van der Waals surface area contributed by atoms with Crippen molar-refractivity contribution in [1.82, 2.24) is 10.3 Å². The van der Waals surface area contributed by atoms with Crippen molar-refractivity contribution in [1.29, 1.82) is 0 Å². The zero-order valence-electron chi connectivity index (χ0n) is 11.4. The van der Waals surface area contributed by atoms with E-state index < -0.39 is 17.9 Å². The van der Waals surface area contributed by atoms with Gasteiger partial charge in [0.15, 0.2) is 6.04 Å². The maximum absolute atomic E-state index is 12.2. The summed E-state index contributed by atoms with van der Waals surface area (Å²) in [7, 11) is 1.28. The highest BCUT2D eigenvalue weighted by Crippen LogP contribution is 2.16. The molecule has 1 heterocycles. The molecular weight excluding hydrogens is 290 g/mol. The predicted octanol–water partition coefficient (Wildman–Crippen LogP) is 1.25. The monoisotopic (exact) mass is 305 g/mol. The molecule has 1 unspecified atom stereocenters. The molecule has 0 spiro atoms. The SMILES string of the molecule is COC(=O)C(NC(=O)c1csc(CN)n1)c1ccccc1. The molecule has 6 nitrogen and oxygen atoms in total. The molecule has 1 aromatic heterocycles. The lowest BCUT2D eigenvalue weighted by molar-refractivity contribution is -0.143. The van der Waals surface area contributed by atoms with E-state index >= 15 is 0 Å². The molecule has 0 saturated heterocycles. The lowest BCUT2D eigenvalue weighted by Gasteiger charge is -2.16. The van der Waals surface area contributed by atoms with Gasteiger partial charge in [0.05, 0.1) is 7.11 Å². The summed E-state index contributed by atoms with van der Waals surface area (Å²) in [4.78, 5) is 28.1. The highest BCUT2D eigenvalue weighted by atomic mass is 32.1. The maximum atomic E-state index is 12.2. The number of carbonyl (C=O) groups excluding carboxylic acids is 2. The Bertz CT molecular complexity index is 627. The van der Waals surface area contributed by atoms with Gasteiger partial charge in [-0.25, -0.2) is 9.78 Å². The van der Waals surface area contributed by atoms with Gasteiger partial charge >= 0.3 is 5.97 Å². The third-order valence-electron chi connectivity index (χ3n) is 2.80. The Morgan fingerprint density at radius 3 is 2.67 bits per heavy atom. The molecular formula is C14H15N3O3S. The Kier molecular flexibility index (Phi) is 5.02. The van der Waals surface area contributed by atoms with Gasteiger partial charge in [0, 0.05) is 11.9 Å². The predicted molar refractivity (Wildman–Crippen MR) is 78.7 cm³/mol. The van der Waals surface area contributed by atoms with Crippen molar-refractivity contribution in [2.75, 3.05) is 7.11 Å². The number of hydrogen-bond donors (Lipinski definition) is 2. The minimum absolute atomic E-state index is 0.241. The van der Waals surface area contributed by atoms with Crippen LogP contribution in [0.3, 0.4) is 0 Å². The molecule has 1 atom stereocenters. The lowest BCUT2D eigenvalue weighted by atomic mass is 10.1. The van der Waals surface area contributed by atoms with Gasteiger partial charge < -0.3 is 15.8 Å². The van der Waals surface area contributed by atoms with Gasteiger partial charge in [0.1, 0.15) is 10.7 Å². The molecule has 2 rings (SSSR count). The molecule has 0 aliphatic heterocycles. The second-order valence-electron chi connectivity index (χ2n) is 4.17. The number of hydrogen-bond acceptors (Lipinski definition) is 6. The van der Waals surface area contributed by atoms with E-state index in [1.165, 1.54) is 18.4 Å². The summed E-state index contributed by atoms with van der Waals surface area (Å²) < 4.78 is 4.74. The van der Waals surface area contributed by atoms with Crippen LogP contribution in [0.2, 0.25) is 0 Å². The molecule has 21 heavy (non-hydrogen) atoms. The van der Waals surface area contributed by atoms with E-state index in [0.29, 0.717) is 10.6 Å². The van der Waals surface area contributed by atoms with Gasteiger partial charge in [-0.2, -0.15) is 0 Å². The zero-order chi connectivity index (χ0) is 15.2. The first-order valence-electron chi connectivity index (χ1n) is 6.23. The molecule has 0 bridgehead atoms. The summed E-state index contributed by atoms with van der Waals surface area (Å²) in [5.74, 6) is -0.978. The summed E-state index contributed by atoms with van der Waals surface area (Å²) in [6, 6.07) is 8.02. The van der Waals surface area contributed by atoms with Crippen LogP contribution in [-0.2, 0) is 16.1 Å². The number of nitrogens with two attached hydrogens (primary N) is 1. The van der Waals surface area contributed by atoms with Crippen molar-refractivity contribution >= 4 is 23.2 Å². The molecule has 0 aliphatic rings. The normalized spacial score (nSPS) is 11.7. The van der Waals surface area contributed by atoms with Crippen LogP contribution in [0.25, 0.3) is 0 Å². The number of esters is 1. The van der Waals surface area contributed by atoms with E-state index in [1.54, 1.807) is 29.6 Å². The lowest BCUT2D eigenvalue weighted by Crippen LogP contribution is -2.34. The Labute approximate surface area is 125 Å². The van der Waals surface area contributed by atoms with Gasteiger partial charge in [-0.05, 0) is 5.56 Å². The number of carbonyl (C=O) groups is 2. The second kappa shape index (κ2) is 6.96. The van der Waals surface area contributed by atoms with E-state index in [2.05, 4.69) is 10.3 Å². The Morgan fingerprint density at radius 2 is 2.10 bits per heavy atom. The highest BCUT2D eigenvalue weighted by Gasteiger charge is 2.24. The number of nitrogens with zero attached hydrogens (tertiary/aromatic N) is 1. The standard InChI is InChI=1S/C14H15N3O3S/c1-20-14(19)12(9-5-3-2-4-6-9)17-13(18)10-8-21-11(7-15)16-10/h2-6,8,12H,7,15H2,1H3,(H,17,18). The largest absolute Gasteiger partial charge is 0.467 e. The van der Waals surface area contributed by atoms with Crippen molar-refractivity contribution < 1.29 is 14.3 Å². The van der Waals surface area contributed by atoms with Gasteiger partial charge in [0.2, 0.25) is 0 Å². The number of thiazole rings is 1. The van der Waals surface area contributed by atoms with Crippen LogP contribution in [0.15, 0.2) is 35.7 Å². The number of amides is 1. The topological polar surface area (TPSA) is 94.3 Å². The first kappa shape index (κ1) is 15.1. The number of nitrogens with one attached hydrogen (secondary N) is 1. The quantitative estimate of drug-likeness (QED) is 0.811. The van der Waals surface area contributed by atoms with Gasteiger partial charge in [-0.3, -0.25) is 4.79 Å². The van der Waals surface area contributed by atoms with Crippen LogP contribution in [0.4, 0.5) is 0 Å². The van der Waals surface area contributed by atoms with Crippen molar-refractivity contribution in [3.05, 3.63) is 52.0 Å². The van der Waals surface area contributed by atoms with Crippen LogP contribution < -0.4 is 11.1 Å². The minimum Gasteiger partial charge on any atom is -0.467 e. The summed E-state index contributed by atoms with van der Waals surface area (Å²) in [6.45, 7) is 0.275. The Balaban J connectivity index is 2.19. The van der Waals surface area contributed by atoms with Crippen LogP contribution in [0.5, 0.6) is 0 Å². The van der Waals surface area contributed by atoms with Crippen LogP contribution in [-0.4, -0.2) is 24.0 Å². The van der Waals surface area contributed by atoms with E-state index in [4.69, 9.17) is 10.5 Å². The summed E-state index contributed by atoms with van der Waals surface area (Å²) >= 11 is 1.30. The first-order valence-corrected chi connectivity index (χ1v) is 7.11. The van der Waals surface area contributed by atoms with Crippen molar-refractivity contribution in [2.24, 2.45) is 5.73 Å². The average Bonchev–Trinajstić information content (AvgIpc) is 3.01. The van der Waals surface area contributed by atoms with Crippen LogP contribution in [0, 0.1) is 0 Å². The molecule has 7 heteroatoms. The Morgan fingerprint density at radius 1 is 1.38 bits per heavy atom.